The van der Waals surface area contributed by atoms with Crippen LogP contribution in [0.25, 0.3) is 0 Å². The highest BCUT2D eigenvalue weighted by molar-refractivity contribution is 6.33. The van der Waals surface area contributed by atoms with E-state index in [-0.39, 0.29) is 52.5 Å². The lowest BCUT2D eigenvalue weighted by molar-refractivity contribution is -0.143. The van der Waals surface area contributed by atoms with Gasteiger partial charge < -0.3 is 34.1 Å². The summed E-state index contributed by atoms with van der Waals surface area (Å²) in [5.41, 5.74) is 1.61. The zero-order chi connectivity index (χ0) is 31.4. The zero-order valence-corrected chi connectivity index (χ0v) is 24.8. The lowest BCUT2D eigenvalue weighted by atomic mass is 9.95. The van der Waals surface area contributed by atoms with E-state index in [0.29, 0.717) is 17.4 Å². The maximum absolute atomic E-state index is 13.2. The van der Waals surface area contributed by atoms with Crippen LogP contribution in [0.3, 0.4) is 0 Å². The molecule has 43 heavy (non-hydrogen) atoms. The molecular weight excluding hydrogens is 605 g/mol. The monoisotopic (exact) mass is 633 g/mol. The average Bonchev–Trinajstić information content (AvgIpc) is 2.99. The largest absolute Gasteiger partial charge is 0.494 e. The molecule has 0 bridgehead atoms. The molecule has 0 spiro atoms. The minimum absolute atomic E-state index is 0.00206. The fourth-order valence-corrected chi connectivity index (χ4v) is 4.67. The van der Waals surface area contributed by atoms with Gasteiger partial charge in [-0.1, -0.05) is 53.5 Å². The van der Waals surface area contributed by atoms with Crippen molar-refractivity contribution in [1.82, 2.24) is 5.32 Å². The van der Waals surface area contributed by atoms with E-state index < -0.39 is 37.1 Å². The molecule has 0 radical (unpaired) electrons. The first-order chi connectivity index (χ1) is 20.7. The summed E-state index contributed by atoms with van der Waals surface area (Å²) < 4.78 is 26.3. The number of esters is 1. The summed E-state index contributed by atoms with van der Waals surface area (Å²) in [5, 5.41) is 11.6. The average molecular weight is 634 g/mol. The van der Waals surface area contributed by atoms with E-state index in [1.807, 2.05) is 18.2 Å². The molecule has 0 aliphatic rings. The predicted octanol–water partition coefficient (Wildman–Crippen LogP) is 4.50. The van der Waals surface area contributed by atoms with Crippen molar-refractivity contribution in [2.75, 3.05) is 40.6 Å². The number of amides is 1. The number of halogens is 2. The number of carboxylic acid groups (broad SMARTS) is 1. The number of benzene rings is 3. The van der Waals surface area contributed by atoms with E-state index in [0.717, 1.165) is 5.56 Å². The molecule has 11 nitrogen and oxygen atoms in total. The molecule has 0 aromatic heterocycles. The number of nitrogens with one attached hydrogen (secondary N) is 1. The third kappa shape index (κ3) is 9.42. The van der Waals surface area contributed by atoms with E-state index >= 15 is 0 Å². The van der Waals surface area contributed by atoms with Gasteiger partial charge in [0.05, 0.1) is 49.1 Å². The summed E-state index contributed by atoms with van der Waals surface area (Å²) in [7, 11) is 2.71. The number of carbonyl (C=O) groups excluding carboxylic acids is 3. The van der Waals surface area contributed by atoms with Crippen LogP contribution in [-0.2, 0) is 30.4 Å². The molecule has 0 aliphatic heterocycles. The highest BCUT2D eigenvalue weighted by Gasteiger charge is 2.26. The van der Waals surface area contributed by atoms with Gasteiger partial charge in [0.15, 0.2) is 12.0 Å². The number of carbonyl (C=O) groups is 4. The van der Waals surface area contributed by atoms with Gasteiger partial charge in [0, 0.05) is 0 Å². The second-order valence-electron chi connectivity index (χ2n) is 8.89. The third-order valence-corrected chi connectivity index (χ3v) is 6.49. The summed E-state index contributed by atoms with van der Waals surface area (Å²) in [6.45, 7) is -0.991. The highest BCUT2D eigenvalue weighted by atomic mass is 35.5. The smallest absolute Gasteiger partial charge is 0.342 e. The first kappa shape index (κ1) is 33.3. The van der Waals surface area contributed by atoms with Gasteiger partial charge in [-0.05, 0) is 41.0 Å². The van der Waals surface area contributed by atoms with E-state index in [1.165, 1.54) is 38.5 Å². The van der Waals surface area contributed by atoms with E-state index in [2.05, 4.69) is 5.32 Å². The second-order valence-corrected chi connectivity index (χ2v) is 9.70. The molecule has 2 N–H and O–H groups in total. The molecule has 1 amide bonds. The Morgan fingerprint density at radius 2 is 1.49 bits per heavy atom. The first-order valence-corrected chi connectivity index (χ1v) is 13.5. The maximum Gasteiger partial charge on any atom is 0.342 e. The molecule has 0 saturated carbocycles. The van der Waals surface area contributed by atoms with Crippen molar-refractivity contribution in [3.63, 3.8) is 0 Å². The molecule has 0 fully saturated rings. The summed E-state index contributed by atoms with van der Waals surface area (Å²) in [5.74, 6) is -2.22. The fourth-order valence-electron chi connectivity index (χ4n) is 4.05. The summed E-state index contributed by atoms with van der Waals surface area (Å²) in [6, 6.07) is 14.0. The first-order valence-electron chi connectivity index (χ1n) is 12.8. The topological polar surface area (TPSA) is 147 Å². The Morgan fingerprint density at radius 3 is 2.09 bits per heavy atom. The lowest BCUT2D eigenvalue weighted by Gasteiger charge is -2.23. The van der Waals surface area contributed by atoms with E-state index in [9.17, 15) is 19.2 Å². The van der Waals surface area contributed by atoms with Crippen LogP contribution in [0.15, 0.2) is 54.6 Å². The number of carboxylic acids is 1. The van der Waals surface area contributed by atoms with Gasteiger partial charge in [0.2, 0.25) is 5.91 Å². The summed E-state index contributed by atoms with van der Waals surface area (Å²) in [6.07, 6.45) is 0.556. The Labute approximate surface area is 257 Å². The maximum atomic E-state index is 13.2. The van der Waals surface area contributed by atoms with Crippen molar-refractivity contribution in [1.29, 1.82) is 0 Å². The van der Waals surface area contributed by atoms with Crippen molar-refractivity contribution >= 4 is 47.3 Å². The molecule has 3 aromatic rings. The number of rotatable bonds is 16. The summed E-state index contributed by atoms with van der Waals surface area (Å²) >= 11 is 12.9. The van der Waals surface area contributed by atoms with Crippen LogP contribution in [0.4, 0.5) is 0 Å². The molecule has 3 rings (SSSR count). The molecule has 13 heteroatoms. The van der Waals surface area contributed by atoms with Crippen LogP contribution >= 0.6 is 23.2 Å². The summed E-state index contributed by atoms with van der Waals surface area (Å²) in [4.78, 5) is 48.5. The normalized spacial score (nSPS) is 11.3. The number of aldehydes is 1. The molecule has 3 aromatic carbocycles. The third-order valence-electron chi connectivity index (χ3n) is 5.93. The Balaban J connectivity index is 1.95. The molecule has 228 valence electrons. The van der Waals surface area contributed by atoms with Gasteiger partial charge in [0.25, 0.3) is 0 Å². The van der Waals surface area contributed by atoms with Crippen molar-refractivity contribution < 1.29 is 48.0 Å². The molecular formula is C30H29Cl2NO10. The Kier molecular flexibility index (Phi) is 12.8. The highest BCUT2D eigenvalue weighted by Crippen LogP contribution is 2.37. The van der Waals surface area contributed by atoms with Crippen molar-refractivity contribution in [3.05, 3.63) is 92.5 Å². The molecule has 0 heterocycles. The SMILES string of the molecule is COc1c(Cl)cc(C(NC(=O)COCCOCC(=O)O)c2cc(Cl)c(OC)c(C(=O)OCc3ccccc3)c2)cc1C=O. The van der Waals surface area contributed by atoms with Crippen LogP contribution in [0, 0.1) is 0 Å². The minimum atomic E-state index is -1.13. The van der Waals surface area contributed by atoms with Gasteiger partial charge in [-0.15, -0.1) is 0 Å². The lowest BCUT2D eigenvalue weighted by Crippen LogP contribution is -2.33. The molecule has 0 saturated heterocycles. The number of methoxy groups -OCH3 is 2. The molecule has 1 atom stereocenters. The van der Waals surface area contributed by atoms with Gasteiger partial charge in [-0.3, -0.25) is 9.59 Å². The Morgan fingerprint density at radius 1 is 0.884 bits per heavy atom. The van der Waals surface area contributed by atoms with Gasteiger partial charge >= 0.3 is 11.9 Å². The van der Waals surface area contributed by atoms with Crippen LogP contribution in [0.2, 0.25) is 10.0 Å². The van der Waals surface area contributed by atoms with Crippen molar-refractivity contribution in [2.24, 2.45) is 0 Å². The van der Waals surface area contributed by atoms with Crippen LogP contribution in [0.5, 0.6) is 11.5 Å². The van der Waals surface area contributed by atoms with Crippen LogP contribution in [0.1, 0.15) is 43.4 Å². The van der Waals surface area contributed by atoms with E-state index in [1.54, 1.807) is 12.1 Å². The number of hydrogen-bond donors (Lipinski definition) is 2. The van der Waals surface area contributed by atoms with Crippen LogP contribution < -0.4 is 14.8 Å². The second kappa shape index (κ2) is 16.5. The number of ether oxygens (including phenoxy) is 5. The number of aliphatic carboxylic acids is 1. The fraction of sp³-hybridized carbons (Fsp3) is 0.267. The Bertz CT molecular complexity index is 1450. The van der Waals surface area contributed by atoms with Crippen LogP contribution in [-0.4, -0.2) is 69.9 Å². The van der Waals surface area contributed by atoms with Gasteiger partial charge in [-0.25, -0.2) is 9.59 Å². The number of hydrogen-bond acceptors (Lipinski definition) is 9. The van der Waals surface area contributed by atoms with Crippen molar-refractivity contribution in [3.8, 4) is 11.5 Å². The predicted molar refractivity (Wildman–Crippen MR) is 156 cm³/mol. The van der Waals surface area contributed by atoms with Gasteiger partial charge in [0.1, 0.15) is 31.1 Å². The minimum Gasteiger partial charge on any atom is -0.494 e. The standard InChI is InChI=1S/C30H29Cl2NO10/c1-39-28-21(14-34)10-19(12-23(28)31)27(33-25(35)16-41-8-9-42-17-26(36)37)20-11-22(29(40-2)24(32)13-20)30(38)43-15-18-6-4-3-5-7-18/h3-7,10-14,27H,8-9,15-17H2,1-2H3,(H,33,35)(H,36,37). The molecule has 0 aliphatic carbocycles. The zero-order valence-electron chi connectivity index (χ0n) is 23.3. The quantitative estimate of drug-likeness (QED) is 0.131. The van der Waals surface area contributed by atoms with Crippen molar-refractivity contribution in [2.45, 2.75) is 12.6 Å². The van der Waals surface area contributed by atoms with Gasteiger partial charge in [-0.2, -0.15) is 0 Å². The Hall–Kier alpha value is -4.16. The molecule has 1 unspecified atom stereocenters. The van der Waals surface area contributed by atoms with E-state index in [4.69, 9.17) is 52.0 Å².